The smallest absolute Gasteiger partial charge is 0.260 e. The van der Waals surface area contributed by atoms with Gasteiger partial charge in [-0.3, -0.25) is 14.2 Å². The number of rotatable bonds is 6. The lowest BCUT2D eigenvalue weighted by Crippen LogP contribution is -2.44. The molecule has 2 aromatic heterocycles. The number of hydrogen-bond acceptors (Lipinski definition) is 7. The van der Waals surface area contributed by atoms with Crippen molar-refractivity contribution < 1.29 is 9.18 Å². The summed E-state index contributed by atoms with van der Waals surface area (Å²) < 4.78 is 15.7. The van der Waals surface area contributed by atoms with Crippen molar-refractivity contribution in [2.24, 2.45) is 0 Å². The van der Waals surface area contributed by atoms with Crippen LogP contribution in [0.1, 0.15) is 43.4 Å². The summed E-state index contributed by atoms with van der Waals surface area (Å²) in [5.74, 6) is -0.0561. The second-order valence-corrected chi connectivity index (χ2v) is 12.5. The van der Waals surface area contributed by atoms with Crippen molar-refractivity contribution in [3.8, 4) is 11.1 Å². The molecule has 6 rings (SSSR count). The Bertz CT molecular complexity index is 1820. The lowest BCUT2D eigenvalue weighted by atomic mass is 9.98. The molecule has 1 atom stereocenters. The highest BCUT2D eigenvalue weighted by molar-refractivity contribution is 6.33. The van der Waals surface area contributed by atoms with Crippen LogP contribution in [0.5, 0.6) is 0 Å². The van der Waals surface area contributed by atoms with Gasteiger partial charge in [-0.1, -0.05) is 18.5 Å². The Hall–Kier alpha value is -4.02. The zero-order valence-corrected chi connectivity index (χ0v) is 27.0. The quantitative estimate of drug-likeness (QED) is 0.282. The Kier molecular flexibility index (Phi) is 8.79. The molecule has 45 heavy (non-hydrogen) atoms. The second kappa shape index (κ2) is 12.8. The van der Waals surface area contributed by atoms with Crippen LogP contribution in [0.15, 0.2) is 47.4 Å². The Morgan fingerprint density at radius 1 is 1.09 bits per heavy atom. The normalized spacial score (nSPS) is 17.6. The molecule has 4 aromatic rings. The average Bonchev–Trinajstić information content (AvgIpc) is 3.02. The third kappa shape index (κ3) is 6.13. The lowest BCUT2D eigenvalue weighted by molar-refractivity contribution is -0.132. The number of halogens is 2. The molecule has 1 amide bonds. The van der Waals surface area contributed by atoms with E-state index in [-0.39, 0.29) is 22.5 Å². The van der Waals surface area contributed by atoms with E-state index >= 15 is 0 Å². The summed E-state index contributed by atoms with van der Waals surface area (Å²) in [5, 5.41) is 4.19. The van der Waals surface area contributed by atoms with Crippen molar-refractivity contribution in [3.05, 3.63) is 74.9 Å². The number of aromatic nitrogens is 3. The molecule has 9 nitrogen and oxygen atoms in total. The van der Waals surface area contributed by atoms with Crippen LogP contribution in [0.25, 0.3) is 22.2 Å². The Labute approximate surface area is 267 Å². The second-order valence-electron chi connectivity index (χ2n) is 12.1. The SMILES string of the molecule is CCC(=O)N1CCC[C@@H](n2c(=O)c(-c3ccc(F)cc3Cl)c(C)c3cnc(Nc4ccc(N5CCN(C)CC5)c(C)c4)nc32)C1. The molecule has 0 saturated carbocycles. The zero-order chi connectivity index (χ0) is 31.8. The van der Waals surface area contributed by atoms with Gasteiger partial charge in [0, 0.05) is 74.2 Å². The molecule has 4 heterocycles. The fraction of sp³-hybridized carbons (Fsp3) is 0.412. The largest absolute Gasteiger partial charge is 0.369 e. The van der Waals surface area contributed by atoms with E-state index in [0.717, 1.165) is 43.9 Å². The van der Waals surface area contributed by atoms with E-state index in [4.69, 9.17) is 16.6 Å². The van der Waals surface area contributed by atoms with Gasteiger partial charge >= 0.3 is 0 Å². The Morgan fingerprint density at radius 2 is 1.87 bits per heavy atom. The number of likely N-dealkylation sites (tertiary alicyclic amines) is 1. The predicted molar refractivity (Wildman–Crippen MR) is 178 cm³/mol. The van der Waals surface area contributed by atoms with E-state index in [2.05, 4.69) is 46.2 Å². The number of aryl methyl sites for hydroxylation is 2. The molecule has 2 fully saturated rings. The first kappa shape index (κ1) is 31.0. The molecule has 0 bridgehead atoms. The summed E-state index contributed by atoms with van der Waals surface area (Å²) >= 11 is 6.49. The maximum Gasteiger partial charge on any atom is 0.260 e. The summed E-state index contributed by atoms with van der Waals surface area (Å²) in [6, 6.07) is 10.0. The number of benzene rings is 2. The highest BCUT2D eigenvalue weighted by atomic mass is 35.5. The van der Waals surface area contributed by atoms with E-state index in [1.54, 1.807) is 10.8 Å². The highest BCUT2D eigenvalue weighted by Gasteiger charge is 2.29. The standard InChI is InChI=1S/C34H39ClFN7O2/c1-5-30(44)42-12-6-7-25(20-42)43-32-27(22(3)31(33(43)45)26-10-8-23(36)18-28(26)35)19-37-34(39-32)38-24-9-11-29(21(2)17-24)41-15-13-40(4)14-16-41/h8-11,17-19,25H,5-7,12-16,20H2,1-4H3,(H,37,38,39)/t25-/m1/s1. The number of piperazine rings is 1. The van der Waals surface area contributed by atoms with E-state index in [0.29, 0.717) is 59.6 Å². The number of nitrogens with zero attached hydrogens (tertiary/aromatic N) is 6. The number of carbonyl (C=O) groups excluding carboxylic acids is 1. The molecule has 236 valence electrons. The van der Waals surface area contributed by atoms with Crippen molar-refractivity contribution in [1.82, 2.24) is 24.3 Å². The minimum absolute atomic E-state index is 0.0540. The minimum Gasteiger partial charge on any atom is -0.369 e. The van der Waals surface area contributed by atoms with E-state index in [9.17, 15) is 14.0 Å². The summed E-state index contributed by atoms with van der Waals surface area (Å²) in [5.41, 5.74) is 4.92. The van der Waals surface area contributed by atoms with Crippen LogP contribution in [0.2, 0.25) is 5.02 Å². The summed E-state index contributed by atoms with van der Waals surface area (Å²) in [7, 11) is 2.15. The average molecular weight is 632 g/mol. The van der Waals surface area contributed by atoms with E-state index in [1.807, 2.05) is 24.8 Å². The van der Waals surface area contributed by atoms with Gasteiger partial charge in [0.25, 0.3) is 5.56 Å². The van der Waals surface area contributed by atoms with Crippen molar-refractivity contribution in [3.63, 3.8) is 0 Å². The van der Waals surface area contributed by atoms with Crippen molar-refractivity contribution in [2.75, 3.05) is 56.5 Å². The number of pyridine rings is 1. The van der Waals surface area contributed by atoms with Crippen molar-refractivity contribution in [1.29, 1.82) is 0 Å². The number of anilines is 3. The van der Waals surface area contributed by atoms with Crippen LogP contribution >= 0.6 is 11.6 Å². The molecule has 0 spiro atoms. The fourth-order valence-corrected chi connectivity index (χ4v) is 6.88. The maximum absolute atomic E-state index is 14.4. The van der Waals surface area contributed by atoms with Gasteiger partial charge in [0.05, 0.1) is 16.6 Å². The molecule has 0 unspecified atom stereocenters. The minimum atomic E-state index is -0.477. The van der Waals surface area contributed by atoms with Crippen LogP contribution < -0.4 is 15.8 Å². The molecule has 2 aliphatic heterocycles. The first-order valence-corrected chi connectivity index (χ1v) is 16.0. The van der Waals surface area contributed by atoms with Crippen LogP contribution in [-0.2, 0) is 4.79 Å². The number of likely N-dealkylation sites (N-methyl/N-ethyl adjacent to an activating group) is 1. The van der Waals surface area contributed by atoms with Gasteiger partial charge in [-0.15, -0.1) is 0 Å². The van der Waals surface area contributed by atoms with Crippen LogP contribution in [0, 0.1) is 19.7 Å². The maximum atomic E-state index is 14.4. The van der Waals surface area contributed by atoms with E-state index < -0.39 is 5.82 Å². The van der Waals surface area contributed by atoms with Crippen LogP contribution in [-0.4, -0.2) is 76.6 Å². The van der Waals surface area contributed by atoms with Gasteiger partial charge in [0.15, 0.2) is 0 Å². The topological polar surface area (TPSA) is 86.6 Å². The molecule has 0 aliphatic carbocycles. The van der Waals surface area contributed by atoms with Gasteiger partial charge in [-0.05, 0) is 81.3 Å². The zero-order valence-electron chi connectivity index (χ0n) is 26.2. The first-order valence-electron chi connectivity index (χ1n) is 15.6. The number of nitrogens with one attached hydrogen (secondary N) is 1. The number of piperidine rings is 1. The van der Waals surface area contributed by atoms with Gasteiger partial charge in [0.2, 0.25) is 11.9 Å². The predicted octanol–water partition coefficient (Wildman–Crippen LogP) is 5.94. The molecule has 1 N–H and O–H groups in total. The monoisotopic (exact) mass is 631 g/mol. The summed E-state index contributed by atoms with van der Waals surface area (Å²) in [6.07, 6.45) is 3.60. The molecular formula is C34H39ClFN7O2. The Balaban J connectivity index is 1.43. The molecule has 11 heteroatoms. The summed E-state index contributed by atoms with van der Waals surface area (Å²) in [6.45, 7) is 10.9. The molecule has 2 aliphatic rings. The van der Waals surface area contributed by atoms with Gasteiger partial charge in [0.1, 0.15) is 11.5 Å². The highest BCUT2D eigenvalue weighted by Crippen LogP contribution is 2.34. The van der Waals surface area contributed by atoms with Gasteiger partial charge < -0.3 is 20.0 Å². The first-order chi connectivity index (χ1) is 21.6. The summed E-state index contributed by atoms with van der Waals surface area (Å²) in [4.78, 5) is 43.2. The van der Waals surface area contributed by atoms with Crippen molar-refractivity contribution in [2.45, 2.75) is 46.1 Å². The number of hydrogen-bond donors (Lipinski definition) is 1. The number of carbonyl (C=O) groups is 1. The molecule has 0 radical (unpaired) electrons. The van der Waals surface area contributed by atoms with E-state index in [1.165, 1.54) is 23.9 Å². The van der Waals surface area contributed by atoms with Crippen molar-refractivity contribution >= 4 is 45.9 Å². The fourth-order valence-electron chi connectivity index (χ4n) is 6.62. The third-order valence-electron chi connectivity index (χ3n) is 9.12. The molecule has 2 saturated heterocycles. The molecular weight excluding hydrogens is 593 g/mol. The third-order valence-corrected chi connectivity index (χ3v) is 9.44. The lowest BCUT2D eigenvalue weighted by Gasteiger charge is -2.35. The van der Waals surface area contributed by atoms with Gasteiger partial charge in [-0.25, -0.2) is 9.37 Å². The van der Waals surface area contributed by atoms with Crippen LogP contribution in [0.4, 0.5) is 21.7 Å². The number of amides is 1. The van der Waals surface area contributed by atoms with Gasteiger partial charge in [-0.2, -0.15) is 4.98 Å². The Morgan fingerprint density at radius 3 is 2.58 bits per heavy atom. The molecule has 2 aromatic carbocycles. The number of fused-ring (bicyclic) bond motifs is 1. The van der Waals surface area contributed by atoms with Crippen LogP contribution in [0.3, 0.4) is 0 Å².